The van der Waals surface area contributed by atoms with Crippen molar-refractivity contribution in [3.63, 3.8) is 0 Å². The molecule has 1 amide bonds. The predicted molar refractivity (Wildman–Crippen MR) is 73.0 cm³/mol. The number of hydrogen-bond acceptors (Lipinski definition) is 5. The minimum absolute atomic E-state index is 0.142. The van der Waals surface area contributed by atoms with E-state index in [2.05, 4.69) is 20.4 Å². The summed E-state index contributed by atoms with van der Waals surface area (Å²) in [5.41, 5.74) is 0.462. The van der Waals surface area contributed by atoms with Crippen LogP contribution >= 0.6 is 11.3 Å². The minimum atomic E-state index is -0.165. The number of aryl methyl sites for hydroxylation is 2. The van der Waals surface area contributed by atoms with Crippen LogP contribution in [0.4, 0.5) is 0 Å². The second-order valence-corrected chi connectivity index (χ2v) is 5.18. The van der Waals surface area contributed by atoms with E-state index in [9.17, 15) is 4.79 Å². The first-order valence-electron chi connectivity index (χ1n) is 6.26. The van der Waals surface area contributed by atoms with Gasteiger partial charge < -0.3 is 5.32 Å². The Labute approximate surface area is 115 Å². The summed E-state index contributed by atoms with van der Waals surface area (Å²) in [5, 5.41) is 9.73. The Morgan fingerprint density at radius 2 is 2.32 bits per heavy atom. The second kappa shape index (κ2) is 5.92. The lowest BCUT2D eigenvalue weighted by molar-refractivity contribution is 0.0928. The molecule has 0 aliphatic carbocycles. The Bertz CT molecular complexity index is 562. The molecule has 0 aliphatic rings. The molecule has 0 aliphatic heterocycles. The van der Waals surface area contributed by atoms with E-state index in [0.717, 1.165) is 23.8 Å². The Kier molecular flexibility index (Phi) is 4.26. The molecular formula is C12H17N5OS. The molecular weight excluding hydrogens is 262 g/mol. The van der Waals surface area contributed by atoms with Crippen LogP contribution in [0.2, 0.25) is 0 Å². The molecule has 2 aromatic rings. The third kappa shape index (κ3) is 2.98. The highest BCUT2D eigenvalue weighted by molar-refractivity contribution is 7.09. The third-order valence-electron chi connectivity index (χ3n) is 2.82. The molecule has 0 bridgehead atoms. The summed E-state index contributed by atoms with van der Waals surface area (Å²) in [5.74, 6) is 0.618. The second-order valence-electron chi connectivity index (χ2n) is 4.12. The normalized spacial score (nSPS) is 12.4. The van der Waals surface area contributed by atoms with E-state index < -0.39 is 0 Å². The Hall–Kier alpha value is -1.76. The van der Waals surface area contributed by atoms with Crippen molar-refractivity contribution in [3.8, 4) is 0 Å². The van der Waals surface area contributed by atoms with Crippen molar-refractivity contribution < 1.29 is 4.79 Å². The lowest BCUT2D eigenvalue weighted by Gasteiger charge is -2.16. The maximum Gasteiger partial charge on any atom is 0.271 e. The fourth-order valence-electron chi connectivity index (χ4n) is 1.84. The first-order valence-corrected chi connectivity index (χ1v) is 7.14. The molecule has 6 nitrogen and oxygen atoms in total. The molecule has 2 aromatic heterocycles. The maximum absolute atomic E-state index is 12.1. The third-order valence-corrected chi connectivity index (χ3v) is 3.60. The summed E-state index contributed by atoms with van der Waals surface area (Å²) in [6, 6.07) is -0.142. The molecule has 0 fully saturated rings. The Balaban J connectivity index is 2.13. The highest BCUT2D eigenvalue weighted by atomic mass is 32.1. The molecule has 1 N–H and O–H groups in total. The molecule has 102 valence electrons. The maximum atomic E-state index is 12.1. The van der Waals surface area contributed by atoms with Crippen molar-refractivity contribution in [2.75, 3.05) is 0 Å². The fraction of sp³-hybridized carbons (Fsp3) is 0.500. The summed E-state index contributed by atoms with van der Waals surface area (Å²) in [6.45, 7) is 6.62. The monoisotopic (exact) mass is 279 g/mol. The number of nitrogens with one attached hydrogen (secondary N) is 1. The summed E-state index contributed by atoms with van der Waals surface area (Å²) < 4.78 is 1.79. The molecule has 0 spiro atoms. The van der Waals surface area contributed by atoms with Gasteiger partial charge in [0.15, 0.2) is 0 Å². The van der Waals surface area contributed by atoms with Crippen LogP contribution in [0, 0.1) is 6.92 Å². The largest absolute Gasteiger partial charge is 0.341 e. The van der Waals surface area contributed by atoms with E-state index >= 15 is 0 Å². The number of thiazole rings is 1. The summed E-state index contributed by atoms with van der Waals surface area (Å²) in [6.07, 6.45) is 2.27. The van der Waals surface area contributed by atoms with Gasteiger partial charge in [-0.15, -0.1) is 11.3 Å². The van der Waals surface area contributed by atoms with Crippen LogP contribution in [0.5, 0.6) is 0 Å². The minimum Gasteiger partial charge on any atom is -0.341 e. The van der Waals surface area contributed by atoms with Gasteiger partial charge in [-0.25, -0.2) is 14.6 Å². The SMILES string of the molecule is CC[C@@H](NC(=O)c1csc(C)n1)c1ncnn1CC. The number of amides is 1. The molecule has 2 rings (SSSR count). The quantitative estimate of drug-likeness (QED) is 0.908. The summed E-state index contributed by atoms with van der Waals surface area (Å²) in [4.78, 5) is 20.5. The molecule has 0 radical (unpaired) electrons. The lowest BCUT2D eigenvalue weighted by Crippen LogP contribution is -2.30. The van der Waals surface area contributed by atoms with Crippen LogP contribution in [-0.4, -0.2) is 25.7 Å². The van der Waals surface area contributed by atoms with Crippen LogP contribution in [0.25, 0.3) is 0 Å². The van der Waals surface area contributed by atoms with Crippen LogP contribution in [0.15, 0.2) is 11.7 Å². The predicted octanol–water partition coefficient (Wildman–Crippen LogP) is 1.94. The topological polar surface area (TPSA) is 72.7 Å². The molecule has 1 atom stereocenters. The molecule has 7 heteroatoms. The standard InChI is InChI=1S/C12H17N5OS/c1-4-9(11-13-7-14-17(11)5-2)16-12(18)10-6-19-8(3)15-10/h6-7,9H,4-5H2,1-3H3,(H,16,18)/t9-/m1/s1. The fourth-order valence-corrected chi connectivity index (χ4v) is 2.43. The van der Waals surface area contributed by atoms with Gasteiger partial charge in [0.2, 0.25) is 0 Å². The number of rotatable bonds is 5. The van der Waals surface area contributed by atoms with Crippen LogP contribution < -0.4 is 5.32 Å². The number of carbonyl (C=O) groups is 1. The van der Waals surface area contributed by atoms with Crippen molar-refractivity contribution >= 4 is 17.2 Å². The van der Waals surface area contributed by atoms with Gasteiger partial charge in [0, 0.05) is 11.9 Å². The molecule has 19 heavy (non-hydrogen) atoms. The molecule has 0 unspecified atom stereocenters. The molecule has 0 saturated heterocycles. The highest BCUT2D eigenvalue weighted by Gasteiger charge is 2.19. The van der Waals surface area contributed by atoms with Gasteiger partial charge >= 0.3 is 0 Å². The van der Waals surface area contributed by atoms with E-state index in [1.54, 1.807) is 10.1 Å². The van der Waals surface area contributed by atoms with Crippen molar-refractivity contribution in [1.29, 1.82) is 0 Å². The smallest absolute Gasteiger partial charge is 0.271 e. The van der Waals surface area contributed by atoms with Crippen molar-refractivity contribution in [3.05, 3.63) is 28.2 Å². The molecule has 0 aromatic carbocycles. The van der Waals surface area contributed by atoms with Crippen molar-refractivity contribution in [2.45, 2.75) is 39.8 Å². The van der Waals surface area contributed by atoms with E-state index in [1.165, 1.54) is 17.7 Å². The van der Waals surface area contributed by atoms with E-state index in [1.807, 2.05) is 20.8 Å². The summed E-state index contributed by atoms with van der Waals surface area (Å²) >= 11 is 1.47. The van der Waals surface area contributed by atoms with Gasteiger partial charge in [-0.05, 0) is 20.3 Å². The van der Waals surface area contributed by atoms with Gasteiger partial charge in [-0.2, -0.15) is 5.10 Å². The number of hydrogen-bond donors (Lipinski definition) is 1. The average molecular weight is 279 g/mol. The van der Waals surface area contributed by atoms with Crippen LogP contribution in [-0.2, 0) is 6.54 Å². The Morgan fingerprint density at radius 3 is 2.89 bits per heavy atom. The number of aromatic nitrogens is 4. The van der Waals surface area contributed by atoms with Crippen molar-refractivity contribution in [1.82, 2.24) is 25.1 Å². The van der Waals surface area contributed by atoms with E-state index in [-0.39, 0.29) is 11.9 Å². The van der Waals surface area contributed by atoms with Crippen LogP contribution in [0.1, 0.15) is 47.6 Å². The highest BCUT2D eigenvalue weighted by Crippen LogP contribution is 2.15. The first-order chi connectivity index (χ1) is 9.15. The van der Waals surface area contributed by atoms with Gasteiger partial charge in [0.1, 0.15) is 17.8 Å². The molecule has 2 heterocycles. The Morgan fingerprint density at radius 1 is 1.53 bits per heavy atom. The molecule has 0 saturated carbocycles. The van der Waals surface area contributed by atoms with Gasteiger partial charge in [0.25, 0.3) is 5.91 Å². The van der Waals surface area contributed by atoms with Crippen LogP contribution in [0.3, 0.4) is 0 Å². The zero-order valence-corrected chi connectivity index (χ0v) is 12.1. The first kappa shape index (κ1) is 13.7. The van der Waals surface area contributed by atoms with E-state index in [4.69, 9.17) is 0 Å². The zero-order chi connectivity index (χ0) is 13.8. The van der Waals surface area contributed by atoms with Gasteiger partial charge in [-0.1, -0.05) is 6.92 Å². The summed E-state index contributed by atoms with van der Waals surface area (Å²) in [7, 11) is 0. The number of nitrogens with zero attached hydrogens (tertiary/aromatic N) is 4. The van der Waals surface area contributed by atoms with Crippen molar-refractivity contribution in [2.24, 2.45) is 0 Å². The zero-order valence-electron chi connectivity index (χ0n) is 11.3. The average Bonchev–Trinajstić information content (AvgIpc) is 3.03. The lowest BCUT2D eigenvalue weighted by atomic mass is 10.2. The van der Waals surface area contributed by atoms with Gasteiger partial charge in [-0.3, -0.25) is 4.79 Å². The number of carbonyl (C=O) groups excluding carboxylic acids is 1. The van der Waals surface area contributed by atoms with Gasteiger partial charge in [0.05, 0.1) is 11.0 Å². The van der Waals surface area contributed by atoms with E-state index in [0.29, 0.717) is 5.69 Å².